The summed E-state index contributed by atoms with van der Waals surface area (Å²) in [5.74, 6) is -1.13. The van der Waals surface area contributed by atoms with E-state index in [1.54, 1.807) is 6.07 Å². The number of nitrogens with zero attached hydrogens (tertiary/aromatic N) is 3. The number of phenolic OH excluding ortho intramolecular Hbond substituents is 1. The number of hydrogen-bond acceptors (Lipinski definition) is 8. The lowest BCUT2D eigenvalue weighted by molar-refractivity contribution is -0.385. The predicted octanol–water partition coefficient (Wildman–Crippen LogP) is 3.45. The van der Waals surface area contributed by atoms with Crippen LogP contribution in [0, 0.1) is 20.2 Å². The van der Waals surface area contributed by atoms with E-state index in [-0.39, 0.29) is 22.7 Å². The zero-order valence-electron chi connectivity index (χ0n) is 14.0. The molecular formula is C17H11N3O7S. The molecular weight excluding hydrogens is 390 g/mol. The third-order valence-corrected chi connectivity index (χ3v) is 4.74. The second-order valence-corrected chi connectivity index (χ2v) is 6.69. The Labute approximate surface area is 161 Å². The zero-order chi connectivity index (χ0) is 20.4. The van der Waals surface area contributed by atoms with E-state index >= 15 is 0 Å². The van der Waals surface area contributed by atoms with Crippen LogP contribution >= 0.6 is 11.8 Å². The molecule has 1 aliphatic heterocycles. The molecule has 0 radical (unpaired) electrons. The van der Waals surface area contributed by atoms with E-state index in [1.165, 1.54) is 30.3 Å². The van der Waals surface area contributed by atoms with Gasteiger partial charge in [-0.1, -0.05) is 18.2 Å². The van der Waals surface area contributed by atoms with Gasteiger partial charge in [-0.25, -0.2) is 0 Å². The Morgan fingerprint density at radius 2 is 1.82 bits per heavy atom. The number of nitro benzene ring substituents is 2. The van der Waals surface area contributed by atoms with Crippen LogP contribution in [0.4, 0.5) is 16.2 Å². The third-order valence-electron chi connectivity index (χ3n) is 3.83. The van der Waals surface area contributed by atoms with Gasteiger partial charge in [-0.05, 0) is 35.0 Å². The SMILES string of the molecule is O=C1SC(=Cc2ccc(O)c([N+](=O)[O-])c2)C(=O)N1Cc1cccc([N+](=O)[O-])c1. The highest BCUT2D eigenvalue weighted by Crippen LogP contribution is 2.35. The number of amides is 2. The van der Waals surface area contributed by atoms with Crippen LogP contribution in [0.2, 0.25) is 0 Å². The van der Waals surface area contributed by atoms with Crippen molar-refractivity contribution in [3.8, 4) is 5.75 Å². The average Bonchev–Trinajstić information content (AvgIpc) is 2.90. The number of non-ortho nitro benzene ring substituents is 1. The number of carbonyl (C=O) groups excluding carboxylic acids is 2. The molecule has 2 aromatic carbocycles. The van der Waals surface area contributed by atoms with Crippen LogP contribution in [-0.2, 0) is 11.3 Å². The second kappa shape index (κ2) is 7.48. The molecule has 0 bridgehead atoms. The van der Waals surface area contributed by atoms with Gasteiger partial charge in [-0.2, -0.15) is 0 Å². The molecule has 142 valence electrons. The normalized spacial score (nSPS) is 15.3. The predicted molar refractivity (Wildman–Crippen MR) is 99.4 cm³/mol. The Bertz CT molecular complexity index is 1050. The number of thioether (sulfide) groups is 1. The number of rotatable bonds is 5. The summed E-state index contributed by atoms with van der Waals surface area (Å²) < 4.78 is 0. The molecule has 0 saturated carbocycles. The first-order chi connectivity index (χ1) is 13.3. The highest BCUT2D eigenvalue weighted by atomic mass is 32.2. The molecule has 1 saturated heterocycles. The van der Waals surface area contributed by atoms with Gasteiger partial charge in [-0.3, -0.25) is 34.7 Å². The van der Waals surface area contributed by atoms with Crippen LogP contribution in [0.5, 0.6) is 5.75 Å². The fourth-order valence-electron chi connectivity index (χ4n) is 2.52. The molecule has 0 unspecified atom stereocenters. The molecule has 0 aromatic heterocycles. The summed E-state index contributed by atoms with van der Waals surface area (Å²) in [6.07, 6.45) is 1.31. The van der Waals surface area contributed by atoms with Gasteiger partial charge in [0.05, 0.1) is 21.3 Å². The van der Waals surface area contributed by atoms with Crippen molar-refractivity contribution in [2.45, 2.75) is 6.54 Å². The van der Waals surface area contributed by atoms with Crippen LogP contribution in [-0.4, -0.2) is 31.0 Å². The lowest BCUT2D eigenvalue weighted by Crippen LogP contribution is -2.27. The van der Waals surface area contributed by atoms with Crippen molar-refractivity contribution in [1.82, 2.24) is 4.90 Å². The van der Waals surface area contributed by atoms with Gasteiger partial charge < -0.3 is 5.11 Å². The van der Waals surface area contributed by atoms with Crippen molar-refractivity contribution in [1.29, 1.82) is 0 Å². The fraction of sp³-hybridized carbons (Fsp3) is 0.0588. The lowest BCUT2D eigenvalue weighted by Gasteiger charge is -2.12. The first-order valence-corrected chi connectivity index (χ1v) is 8.54. The topological polar surface area (TPSA) is 144 Å². The van der Waals surface area contributed by atoms with Gasteiger partial charge in [0.15, 0.2) is 5.75 Å². The number of imide groups is 1. The largest absolute Gasteiger partial charge is 0.502 e. The van der Waals surface area contributed by atoms with Crippen LogP contribution in [0.1, 0.15) is 11.1 Å². The Hall–Kier alpha value is -3.73. The van der Waals surface area contributed by atoms with Gasteiger partial charge in [0.25, 0.3) is 16.8 Å². The molecule has 0 spiro atoms. The minimum atomic E-state index is -0.763. The molecule has 1 N–H and O–H groups in total. The van der Waals surface area contributed by atoms with Crippen LogP contribution < -0.4 is 0 Å². The average molecular weight is 401 g/mol. The number of hydrogen-bond donors (Lipinski definition) is 1. The van der Waals surface area contributed by atoms with Crippen LogP contribution in [0.15, 0.2) is 47.4 Å². The van der Waals surface area contributed by atoms with Crippen molar-refractivity contribution >= 4 is 40.4 Å². The van der Waals surface area contributed by atoms with Crippen molar-refractivity contribution in [2.75, 3.05) is 0 Å². The number of phenols is 1. The number of aromatic hydroxyl groups is 1. The van der Waals surface area contributed by atoms with Gasteiger partial charge in [0, 0.05) is 18.2 Å². The third kappa shape index (κ3) is 3.83. The van der Waals surface area contributed by atoms with Gasteiger partial charge >= 0.3 is 5.69 Å². The molecule has 2 aromatic rings. The van der Waals surface area contributed by atoms with Gasteiger partial charge in [0.1, 0.15) is 0 Å². The zero-order valence-corrected chi connectivity index (χ0v) is 14.8. The van der Waals surface area contributed by atoms with Crippen LogP contribution in [0.25, 0.3) is 6.08 Å². The summed E-state index contributed by atoms with van der Waals surface area (Å²) in [6.45, 7) is -0.139. The number of benzene rings is 2. The van der Waals surface area contributed by atoms with Crippen molar-refractivity contribution < 1.29 is 24.5 Å². The molecule has 0 atom stereocenters. The van der Waals surface area contributed by atoms with Gasteiger partial charge in [0.2, 0.25) is 0 Å². The molecule has 2 amide bonds. The molecule has 1 fully saturated rings. The van der Waals surface area contributed by atoms with Crippen molar-refractivity contribution in [3.63, 3.8) is 0 Å². The van der Waals surface area contributed by atoms with E-state index in [9.17, 15) is 34.9 Å². The summed E-state index contributed by atoms with van der Waals surface area (Å²) in [7, 11) is 0. The van der Waals surface area contributed by atoms with E-state index in [0.717, 1.165) is 17.0 Å². The van der Waals surface area contributed by atoms with Gasteiger partial charge in [-0.15, -0.1) is 0 Å². The van der Waals surface area contributed by atoms with Crippen molar-refractivity contribution in [3.05, 3.63) is 78.7 Å². The Morgan fingerprint density at radius 3 is 2.50 bits per heavy atom. The molecule has 10 nitrogen and oxygen atoms in total. The number of nitro groups is 2. The minimum Gasteiger partial charge on any atom is -0.502 e. The highest BCUT2D eigenvalue weighted by molar-refractivity contribution is 8.18. The van der Waals surface area contributed by atoms with E-state index in [4.69, 9.17) is 0 Å². The second-order valence-electron chi connectivity index (χ2n) is 5.70. The highest BCUT2D eigenvalue weighted by Gasteiger charge is 2.35. The first kappa shape index (κ1) is 19.0. The summed E-state index contributed by atoms with van der Waals surface area (Å²) in [5.41, 5.74) is 0.00404. The molecule has 1 heterocycles. The molecule has 0 aliphatic carbocycles. The lowest BCUT2D eigenvalue weighted by atomic mass is 10.1. The van der Waals surface area contributed by atoms with E-state index in [2.05, 4.69) is 0 Å². The van der Waals surface area contributed by atoms with E-state index in [1.807, 2.05) is 0 Å². The molecule has 3 rings (SSSR count). The Morgan fingerprint density at radius 1 is 1.07 bits per heavy atom. The molecule has 11 heteroatoms. The standard InChI is InChI=1S/C17H11N3O7S/c21-14-5-4-10(7-13(14)20(26)27)8-15-16(22)18(17(23)28-15)9-11-2-1-3-12(6-11)19(24)25/h1-8,21H,9H2. The number of carbonyl (C=O) groups is 2. The smallest absolute Gasteiger partial charge is 0.311 e. The molecule has 28 heavy (non-hydrogen) atoms. The first-order valence-electron chi connectivity index (χ1n) is 7.72. The maximum absolute atomic E-state index is 12.5. The molecule has 1 aliphatic rings. The van der Waals surface area contributed by atoms with Crippen molar-refractivity contribution in [2.24, 2.45) is 0 Å². The summed E-state index contributed by atoms with van der Waals surface area (Å²) >= 11 is 0.657. The monoisotopic (exact) mass is 401 g/mol. The fourth-order valence-corrected chi connectivity index (χ4v) is 3.35. The quantitative estimate of drug-likeness (QED) is 0.456. The Balaban J connectivity index is 1.85. The minimum absolute atomic E-state index is 0.0513. The van der Waals surface area contributed by atoms with E-state index in [0.29, 0.717) is 17.3 Å². The summed E-state index contributed by atoms with van der Waals surface area (Å²) in [4.78, 5) is 46.1. The maximum Gasteiger partial charge on any atom is 0.311 e. The Kier molecular flexibility index (Phi) is 5.09. The summed E-state index contributed by atoms with van der Waals surface area (Å²) in [5, 5.41) is 30.7. The van der Waals surface area contributed by atoms with Crippen LogP contribution in [0.3, 0.4) is 0 Å². The van der Waals surface area contributed by atoms with E-state index < -0.39 is 32.4 Å². The maximum atomic E-state index is 12.5. The summed E-state index contributed by atoms with van der Waals surface area (Å²) in [6, 6.07) is 9.17.